The van der Waals surface area contributed by atoms with Gasteiger partial charge in [-0.15, -0.1) is 0 Å². The van der Waals surface area contributed by atoms with Crippen molar-refractivity contribution in [3.8, 4) is 0 Å². The molecule has 0 aliphatic heterocycles. The average Bonchev–Trinajstić information content (AvgIpc) is 2.75. The third kappa shape index (κ3) is 4.72. The molecule has 0 aliphatic rings. The fourth-order valence-corrected chi connectivity index (χ4v) is 1.58. The normalized spacial score (nSPS) is 12.6. The molecule has 0 amide bonds. The van der Waals surface area contributed by atoms with Gasteiger partial charge in [-0.1, -0.05) is 0 Å². The van der Waals surface area contributed by atoms with Gasteiger partial charge < -0.3 is 15.4 Å². The topological polar surface area (TPSA) is 63.5 Å². The highest BCUT2D eigenvalue weighted by molar-refractivity contribution is 5.79. The van der Waals surface area contributed by atoms with Crippen LogP contribution < -0.4 is 10.6 Å². The van der Waals surface area contributed by atoms with Crippen LogP contribution >= 0.6 is 0 Å². The molecule has 0 fully saturated rings. The van der Waals surface area contributed by atoms with E-state index in [2.05, 4.69) is 20.7 Å². The van der Waals surface area contributed by atoms with Crippen molar-refractivity contribution in [3.05, 3.63) is 17.5 Å². The quantitative estimate of drug-likeness (QED) is 0.478. The van der Waals surface area contributed by atoms with Gasteiger partial charge in [0.15, 0.2) is 11.7 Å². The highest BCUT2D eigenvalue weighted by Crippen LogP contribution is 2.30. The maximum absolute atomic E-state index is 12.8. The highest BCUT2D eigenvalue weighted by atomic mass is 19.4. The molecular weight excluding hydrogens is 275 g/mol. The predicted molar refractivity (Wildman–Crippen MR) is 68.3 cm³/mol. The van der Waals surface area contributed by atoms with Gasteiger partial charge in [-0.25, -0.2) is 0 Å². The standard InChI is InChI=1S/C11H18F3N5O/c1-15-10(16-4-5-20-3)17-6-8-7-19(2)18-9(8)11(12,13)14/h7H,4-6H2,1-3H3,(H2,15,16,17). The number of halogens is 3. The summed E-state index contributed by atoms with van der Waals surface area (Å²) in [5, 5.41) is 9.14. The lowest BCUT2D eigenvalue weighted by Gasteiger charge is -2.12. The molecule has 1 aromatic heterocycles. The molecule has 0 atom stereocenters. The van der Waals surface area contributed by atoms with Crippen LogP contribution in [0, 0.1) is 0 Å². The molecule has 114 valence electrons. The Morgan fingerprint density at radius 3 is 2.70 bits per heavy atom. The van der Waals surface area contributed by atoms with Gasteiger partial charge in [0.1, 0.15) is 0 Å². The molecule has 0 aromatic carbocycles. The Balaban J connectivity index is 2.65. The van der Waals surface area contributed by atoms with Crippen LogP contribution in [0.3, 0.4) is 0 Å². The molecule has 0 spiro atoms. The molecule has 1 heterocycles. The average molecular weight is 293 g/mol. The Morgan fingerprint density at radius 1 is 1.45 bits per heavy atom. The van der Waals surface area contributed by atoms with E-state index in [0.717, 1.165) is 4.68 Å². The summed E-state index contributed by atoms with van der Waals surface area (Å²) in [6.07, 6.45) is -3.14. The van der Waals surface area contributed by atoms with Gasteiger partial charge in [0.25, 0.3) is 0 Å². The van der Waals surface area contributed by atoms with Crippen molar-refractivity contribution in [1.82, 2.24) is 20.4 Å². The Labute approximate surface area is 115 Å². The number of ether oxygens (including phenoxy) is 1. The number of nitrogens with one attached hydrogen (secondary N) is 2. The number of aromatic nitrogens is 2. The number of aryl methyl sites for hydroxylation is 1. The fraction of sp³-hybridized carbons (Fsp3) is 0.636. The van der Waals surface area contributed by atoms with E-state index in [9.17, 15) is 13.2 Å². The molecule has 2 N–H and O–H groups in total. The molecular formula is C11H18F3N5O. The number of rotatable bonds is 5. The van der Waals surface area contributed by atoms with Crippen LogP contribution in [-0.4, -0.2) is 43.0 Å². The van der Waals surface area contributed by atoms with Gasteiger partial charge in [-0.05, 0) is 0 Å². The van der Waals surface area contributed by atoms with Crippen LogP contribution in [0.4, 0.5) is 13.2 Å². The minimum atomic E-state index is -4.47. The summed E-state index contributed by atoms with van der Waals surface area (Å²) in [7, 11) is 4.55. The van der Waals surface area contributed by atoms with Crippen molar-refractivity contribution in [2.45, 2.75) is 12.7 Å². The van der Waals surface area contributed by atoms with E-state index >= 15 is 0 Å². The zero-order valence-corrected chi connectivity index (χ0v) is 11.6. The van der Waals surface area contributed by atoms with E-state index in [1.807, 2.05) is 0 Å². The second-order valence-corrected chi connectivity index (χ2v) is 4.02. The summed E-state index contributed by atoms with van der Waals surface area (Å²) in [6, 6.07) is 0. The lowest BCUT2D eigenvalue weighted by molar-refractivity contribution is -0.142. The first-order valence-electron chi connectivity index (χ1n) is 5.91. The number of aliphatic imine (C=N–C) groups is 1. The highest BCUT2D eigenvalue weighted by Gasteiger charge is 2.36. The third-order valence-corrected chi connectivity index (χ3v) is 2.44. The van der Waals surface area contributed by atoms with E-state index in [1.54, 1.807) is 7.11 Å². The van der Waals surface area contributed by atoms with Crippen LogP contribution in [0.15, 0.2) is 11.2 Å². The van der Waals surface area contributed by atoms with Gasteiger partial charge >= 0.3 is 6.18 Å². The number of alkyl halides is 3. The van der Waals surface area contributed by atoms with Gasteiger partial charge in [0.05, 0.1) is 6.61 Å². The molecule has 20 heavy (non-hydrogen) atoms. The van der Waals surface area contributed by atoms with Gasteiger partial charge in [-0.2, -0.15) is 18.3 Å². The van der Waals surface area contributed by atoms with Crippen LogP contribution in [0.2, 0.25) is 0 Å². The number of methoxy groups -OCH3 is 1. The van der Waals surface area contributed by atoms with E-state index in [1.165, 1.54) is 20.3 Å². The molecule has 0 unspecified atom stereocenters. The van der Waals surface area contributed by atoms with Crippen molar-refractivity contribution in [3.63, 3.8) is 0 Å². The van der Waals surface area contributed by atoms with Crippen LogP contribution in [0.1, 0.15) is 11.3 Å². The first-order chi connectivity index (χ1) is 9.38. The molecule has 0 aliphatic carbocycles. The molecule has 6 nitrogen and oxygen atoms in total. The molecule has 0 saturated heterocycles. The maximum Gasteiger partial charge on any atom is 0.435 e. The van der Waals surface area contributed by atoms with E-state index < -0.39 is 11.9 Å². The first kappa shape index (κ1) is 16.3. The van der Waals surface area contributed by atoms with Crippen molar-refractivity contribution in [2.75, 3.05) is 27.3 Å². The monoisotopic (exact) mass is 293 g/mol. The molecule has 0 bridgehead atoms. The molecule has 0 saturated carbocycles. The Bertz CT molecular complexity index is 455. The lowest BCUT2D eigenvalue weighted by Crippen LogP contribution is -2.38. The van der Waals surface area contributed by atoms with Crippen LogP contribution in [-0.2, 0) is 24.5 Å². The van der Waals surface area contributed by atoms with Gasteiger partial charge in [0, 0.05) is 46.1 Å². The number of hydrogen-bond acceptors (Lipinski definition) is 3. The summed E-state index contributed by atoms with van der Waals surface area (Å²) in [6.45, 7) is 0.964. The second-order valence-electron chi connectivity index (χ2n) is 4.02. The van der Waals surface area contributed by atoms with E-state index in [4.69, 9.17) is 4.74 Å². The Kier molecular flexibility index (Phi) is 5.81. The fourth-order valence-electron chi connectivity index (χ4n) is 1.58. The van der Waals surface area contributed by atoms with Crippen LogP contribution in [0.25, 0.3) is 0 Å². The minimum Gasteiger partial charge on any atom is -0.383 e. The van der Waals surface area contributed by atoms with Gasteiger partial charge in [-0.3, -0.25) is 9.67 Å². The summed E-state index contributed by atoms with van der Waals surface area (Å²) in [4.78, 5) is 3.90. The number of hydrogen-bond donors (Lipinski definition) is 2. The smallest absolute Gasteiger partial charge is 0.383 e. The van der Waals surface area contributed by atoms with Crippen molar-refractivity contribution < 1.29 is 17.9 Å². The molecule has 1 aromatic rings. The first-order valence-corrected chi connectivity index (χ1v) is 5.91. The van der Waals surface area contributed by atoms with Crippen molar-refractivity contribution in [1.29, 1.82) is 0 Å². The number of nitrogens with zero attached hydrogens (tertiary/aromatic N) is 3. The maximum atomic E-state index is 12.8. The van der Waals surface area contributed by atoms with Gasteiger partial charge in [0.2, 0.25) is 0 Å². The van der Waals surface area contributed by atoms with E-state index in [0.29, 0.717) is 19.1 Å². The largest absolute Gasteiger partial charge is 0.435 e. The summed E-state index contributed by atoms with van der Waals surface area (Å²) in [5.41, 5.74) is -0.825. The Hall–Kier alpha value is -1.77. The van der Waals surface area contributed by atoms with Crippen molar-refractivity contribution >= 4 is 5.96 Å². The SMILES string of the molecule is CN=C(NCCOC)NCc1cn(C)nc1C(F)(F)F. The summed E-state index contributed by atoms with van der Waals surface area (Å²) >= 11 is 0. The zero-order valence-electron chi connectivity index (χ0n) is 11.6. The minimum absolute atomic E-state index is 0.0185. The zero-order chi connectivity index (χ0) is 15.2. The molecule has 1 rings (SSSR count). The third-order valence-electron chi connectivity index (χ3n) is 2.44. The second kappa shape index (κ2) is 7.13. The summed E-state index contributed by atoms with van der Waals surface area (Å²) < 4.78 is 44.3. The molecule has 9 heteroatoms. The Morgan fingerprint density at radius 2 is 2.15 bits per heavy atom. The summed E-state index contributed by atoms with van der Waals surface area (Å²) in [5.74, 6) is 0.402. The van der Waals surface area contributed by atoms with Crippen molar-refractivity contribution in [2.24, 2.45) is 12.0 Å². The lowest BCUT2D eigenvalue weighted by atomic mass is 10.2. The predicted octanol–water partition coefficient (Wildman–Crippen LogP) is 0.750. The van der Waals surface area contributed by atoms with Crippen LogP contribution in [0.5, 0.6) is 0 Å². The van der Waals surface area contributed by atoms with E-state index in [-0.39, 0.29) is 12.1 Å². The number of guanidine groups is 1. The molecule has 0 radical (unpaired) electrons.